The largest absolute Gasteiger partial charge is 0.308 e. The second-order valence-electron chi connectivity index (χ2n) is 13.2. The van der Waals surface area contributed by atoms with E-state index in [4.69, 9.17) is 23.1 Å². The molecule has 0 atom stereocenters. The van der Waals surface area contributed by atoms with Crippen LogP contribution in [0.15, 0.2) is 164 Å². The van der Waals surface area contributed by atoms with Gasteiger partial charge in [-0.15, -0.1) is 11.3 Å². The molecule has 0 fully saturated rings. The van der Waals surface area contributed by atoms with Crippen LogP contribution in [0.5, 0.6) is 0 Å². The number of hydrogen-bond acceptors (Lipinski definition) is 3. The highest BCUT2D eigenvalue weighted by molar-refractivity contribution is 7.26. The molecule has 3 aromatic heterocycles. The van der Waals surface area contributed by atoms with E-state index in [1.807, 2.05) is 66.7 Å². The summed E-state index contributed by atoms with van der Waals surface area (Å²) in [6.07, 6.45) is 0. The molecule has 0 saturated heterocycles. The van der Waals surface area contributed by atoms with Crippen molar-refractivity contribution in [3.63, 3.8) is 0 Å². The summed E-state index contributed by atoms with van der Waals surface area (Å²) in [4.78, 5) is 18.1. The molecule has 10 rings (SSSR count). The van der Waals surface area contributed by atoms with Gasteiger partial charge in [0.2, 0.25) is 0 Å². The molecular weight excluding hydrogens is 679 g/mol. The maximum Gasteiger partial charge on any atom is 0.188 e. The molecule has 0 saturated carbocycles. The van der Waals surface area contributed by atoms with Crippen molar-refractivity contribution in [3.8, 4) is 50.6 Å². The molecule has 10 aromatic rings. The van der Waals surface area contributed by atoms with Gasteiger partial charge in [0, 0.05) is 32.3 Å². The van der Waals surface area contributed by atoms with Crippen LogP contribution >= 0.6 is 11.3 Å². The second-order valence-corrected chi connectivity index (χ2v) is 14.2. The molecule has 0 aliphatic rings. The molecule has 7 aromatic carbocycles. The Kier molecular flexibility index (Phi) is 7.37. The molecule has 0 amide bonds. The van der Waals surface area contributed by atoms with E-state index in [0.29, 0.717) is 17.2 Å². The van der Waals surface area contributed by atoms with E-state index in [2.05, 4.69) is 111 Å². The van der Waals surface area contributed by atoms with E-state index in [0.717, 1.165) is 82.2 Å². The van der Waals surface area contributed by atoms with Crippen molar-refractivity contribution in [2.45, 2.75) is 0 Å². The van der Waals surface area contributed by atoms with E-state index < -0.39 is 0 Å². The van der Waals surface area contributed by atoms with Gasteiger partial charge in [0.15, 0.2) is 17.2 Å². The lowest BCUT2D eigenvalue weighted by Crippen LogP contribution is -2.02. The van der Waals surface area contributed by atoms with E-state index in [-0.39, 0.29) is 0 Å². The lowest BCUT2D eigenvalue weighted by molar-refractivity contribution is 1.18. The zero-order chi connectivity index (χ0) is 36.2. The smallest absolute Gasteiger partial charge is 0.188 e. The minimum Gasteiger partial charge on any atom is -0.308 e. The van der Waals surface area contributed by atoms with Crippen LogP contribution in [0.3, 0.4) is 0 Å². The summed E-state index contributed by atoms with van der Waals surface area (Å²) in [7, 11) is 0. The fourth-order valence-corrected chi connectivity index (χ4v) is 8.72. The van der Waals surface area contributed by atoms with Gasteiger partial charge in [0.05, 0.1) is 45.8 Å². The molecule has 250 valence electrons. The average Bonchev–Trinajstić information content (AvgIpc) is 3.78. The van der Waals surface area contributed by atoms with Crippen molar-refractivity contribution in [3.05, 3.63) is 187 Å². The molecular formula is C48H27N5S. The van der Waals surface area contributed by atoms with Crippen LogP contribution in [0.1, 0.15) is 0 Å². The Labute approximate surface area is 315 Å². The molecule has 6 heteroatoms. The highest BCUT2D eigenvalue weighted by Crippen LogP contribution is 2.47. The Balaban J connectivity index is 1.37. The monoisotopic (exact) mass is 705 g/mol. The van der Waals surface area contributed by atoms with E-state index in [9.17, 15) is 0 Å². The van der Waals surface area contributed by atoms with Crippen molar-refractivity contribution >= 4 is 64.8 Å². The predicted octanol–water partition coefficient (Wildman–Crippen LogP) is 13.7. The predicted molar refractivity (Wildman–Crippen MR) is 224 cm³/mol. The maximum atomic E-state index is 7.80. The Morgan fingerprint density at radius 3 is 1.56 bits per heavy atom. The van der Waals surface area contributed by atoms with Gasteiger partial charge in [-0.25, -0.2) is 19.7 Å². The summed E-state index contributed by atoms with van der Waals surface area (Å²) < 4.78 is 4.52. The first-order valence-electron chi connectivity index (χ1n) is 17.6. The molecule has 0 bridgehead atoms. The first-order valence-corrected chi connectivity index (χ1v) is 18.4. The van der Waals surface area contributed by atoms with E-state index in [1.165, 1.54) is 4.70 Å². The number of thiophene rings is 1. The van der Waals surface area contributed by atoms with Gasteiger partial charge in [-0.2, -0.15) is 0 Å². The molecule has 0 unspecified atom stereocenters. The lowest BCUT2D eigenvalue weighted by atomic mass is 9.91. The topological polar surface area (TPSA) is 39.4 Å². The molecule has 0 radical (unpaired) electrons. The van der Waals surface area contributed by atoms with Crippen LogP contribution < -0.4 is 0 Å². The fraction of sp³-hybridized carbons (Fsp3) is 0. The molecule has 0 N–H and O–H groups in total. The molecule has 0 spiro atoms. The zero-order valence-electron chi connectivity index (χ0n) is 28.7. The Hall–Kier alpha value is -7.38. The number of aromatic nitrogens is 3. The minimum atomic E-state index is 0.557. The maximum absolute atomic E-state index is 7.80. The molecule has 54 heavy (non-hydrogen) atoms. The Morgan fingerprint density at radius 2 is 1.00 bits per heavy atom. The van der Waals surface area contributed by atoms with Crippen LogP contribution in [-0.2, 0) is 0 Å². The standard InChI is InChI=1S/C48H27N5S/c1-49-34-22-24-41-39(28-34)40-29-35(50-2)23-25-42(40)53(41)46-37(30-14-6-3-7-15-30)26-33(27-38(46)31-16-8-4-9-17-31)44-47-45(36-20-12-13-21-43(36)54-47)52-48(51-44)32-18-10-5-11-19-32/h3-29H. The highest BCUT2D eigenvalue weighted by atomic mass is 32.1. The summed E-state index contributed by atoms with van der Waals surface area (Å²) in [6.45, 7) is 15.6. The van der Waals surface area contributed by atoms with Crippen LogP contribution in [0.25, 0.3) is 102 Å². The Bertz CT molecular complexity index is 3040. The van der Waals surface area contributed by atoms with Gasteiger partial charge in [-0.05, 0) is 64.4 Å². The first-order chi connectivity index (χ1) is 26.7. The zero-order valence-corrected chi connectivity index (χ0v) is 29.5. The normalized spacial score (nSPS) is 11.3. The third kappa shape index (κ3) is 5.05. The van der Waals surface area contributed by atoms with Crippen molar-refractivity contribution in [1.82, 2.24) is 14.5 Å². The van der Waals surface area contributed by atoms with Crippen LogP contribution in [0.4, 0.5) is 11.4 Å². The highest BCUT2D eigenvalue weighted by Gasteiger charge is 2.24. The second kappa shape index (κ2) is 12.7. The third-order valence-electron chi connectivity index (χ3n) is 10.0. The van der Waals surface area contributed by atoms with E-state index >= 15 is 0 Å². The van der Waals surface area contributed by atoms with Crippen molar-refractivity contribution < 1.29 is 0 Å². The van der Waals surface area contributed by atoms with Gasteiger partial charge in [-0.3, -0.25) is 0 Å². The number of hydrogen-bond donors (Lipinski definition) is 0. The molecule has 0 aliphatic carbocycles. The van der Waals surface area contributed by atoms with Crippen molar-refractivity contribution in [2.75, 3.05) is 0 Å². The van der Waals surface area contributed by atoms with Crippen molar-refractivity contribution in [2.24, 2.45) is 0 Å². The fourth-order valence-electron chi connectivity index (χ4n) is 7.57. The summed E-state index contributed by atoms with van der Waals surface area (Å²) in [6, 6.07) is 55.9. The molecule has 0 aliphatic heterocycles. The third-order valence-corrected chi connectivity index (χ3v) is 11.2. The number of nitrogens with zero attached hydrogens (tertiary/aromatic N) is 5. The summed E-state index contributed by atoms with van der Waals surface area (Å²) in [5.41, 5.74) is 12.0. The van der Waals surface area contributed by atoms with Gasteiger partial charge in [0.25, 0.3) is 0 Å². The number of benzene rings is 7. The lowest BCUT2D eigenvalue weighted by Gasteiger charge is -2.21. The number of fused-ring (bicyclic) bond motifs is 6. The number of rotatable bonds is 5. The van der Waals surface area contributed by atoms with Gasteiger partial charge >= 0.3 is 0 Å². The molecule has 3 heterocycles. The van der Waals surface area contributed by atoms with Crippen molar-refractivity contribution in [1.29, 1.82) is 0 Å². The average molecular weight is 706 g/mol. The van der Waals surface area contributed by atoms with Gasteiger partial charge in [-0.1, -0.05) is 121 Å². The van der Waals surface area contributed by atoms with Gasteiger partial charge in [0.1, 0.15) is 0 Å². The summed E-state index contributed by atoms with van der Waals surface area (Å²) in [5.74, 6) is 0.682. The SMILES string of the molecule is [C-]#[N+]c1ccc2c(c1)c1cc([N+]#[C-])ccc1n2-c1c(-c2ccccc2)cc(-c2nc(-c3ccccc3)nc3c2sc2ccccc23)cc1-c1ccccc1. The van der Waals surface area contributed by atoms with Crippen LogP contribution in [-0.4, -0.2) is 14.5 Å². The summed E-state index contributed by atoms with van der Waals surface area (Å²) in [5, 5.41) is 2.98. The minimum absolute atomic E-state index is 0.557. The quantitative estimate of drug-likeness (QED) is 0.167. The molecule has 5 nitrogen and oxygen atoms in total. The Morgan fingerprint density at radius 1 is 0.481 bits per heavy atom. The van der Waals surface area contributed by atoms with E-state index in [1.54, 1.807) is 11.3 Å². The van der Waals surface area contributed by atoms with Crippen LogP contribution in [0, 0.1) is 13.1 Å². The van der Waals surface area contributed by atoms with Gasteiger partial charge < -0.3 is 4.57 Å². The summed E-state index contributed by atoms with van der Waals surface area (Å²) >= 11 is 1.72. The van der Waals surface area contributed by atoms with Crippen LogP contribution in [0.2, 0.25) is 0 Å². The first kappa shape index (κ1) is 31.4.